The van der Waals surface area contributed by atoms with Gasteiger partial charge in [0.15, 0.2) is 0 Å². The molecule has 4 nitrogen and oxygen atoms in total. The largest absolute Gasteiger partial charge is 0.508 e. The molecule has 0 radical (unpaired) electrons. The summed E-state index contributed by atoms with van der Waals surface area (Å²) in [5.41, 5.74) is 1.96. The van der Waals surface area contributed by atoms with Crippen LogP contribution in [0.15, 0.2) is 40.9 Å². The van der Waals surface area contributed by atoms with Crippen molar-refractivity contribution in [3.8, 4) is 28.6 Å². The van der Waals surface area contributed by atoms with Crippen LogP contribution in [-0.2, 0) is 0 Å². The van der Waals surface area contributed by atoms with E-state index in [1.165, 1.54) is 18.2 Å². The second-order valence-electron chi connectivity index (χ2n) is 4.55. The lowest BCUT2D eigenvalue weighted by molar-refractivity contribution is 0.432. The molecule has 106 valence electrons. The van der Waals surface area contributed by atoms with E-state index in [-0.39, 0.29) is 10.8 Å². The van der Waals surface area contributed by atoms with Crippen LogP contribution >= 0.6 is 11.6 Å². The average Bonchev–Trinajstić information content (AvgIpc) is 2.94. The number of phenolic OH excluding ortho intramolecular Hbond substituents is 1. The predicted molar refractivity (Wildman–Crippen MR) is 76.5 cm³/mol. The van der Waals surface area contributed by atoms with Crippen LogP contribution in [0, 0.1) is 12.7 Å². The van der Waals surface area contributed by atoms with Crippen LogP contribution in [0.2, 0.25) is 5.02 Å². The van der Waals surface area contributed by atoms with E-state index in [9.17, 15) is 9.50 Å². The van der Waals surface area contributed by atoms with Crippen molar-refractivity contribution in [2.45, 2.75) is 6.92 Å². The first-order chi connectivity index (χ1) is 10.0. The van der Waals surface area contributed by atoms with Gasteiger partial charge in [0.05, 0.1) is 5.02 Å². The van der Waals surface area contributed by atoms with Crippen LogP contribution < -0.4 is 0 Å². The lowest BCUT2D eigenvalue weighted by Gasteiger charge is -1.99. The molecule has 0 aliphatic rings. The molecule has 0 unspecified atom stereocenters. The van der Waals surface area contributed by atoms with E-state index in [1.807, 2.05) is 0 Å². The van der Waals surface area contributed by atoms with Gasteiger partial charge in [0, 0.05) is 11.1 Å². The lowest BCUT2D eigenvalue weighted by Crippen LogP contribution is -1.84. The molecule has 1 heterocycles. The minimum Gasteiger partial charge on any atom is -0.508 e. The number of aromatic nitrogens is 2. The molecule has 0 aliphatic heterocycles. The van der Waals surface area contributed by atoms with Gasteiger partial charge in [-0.25, -0.2) is 4.39 Å². The Labute approximate surface area is 124 Å². The van der Waals surface area contributed by atoms with E-state index in [4.69, 9.17) is 16.1 Å². The van der Waals surface area contributed by atoms with Gasteiger partial charge in [0.25, 0.3) is 5.89 Å². The fraction of sp³-hybridized carbons (Fsp3) is 0.0667. The quantitative estimate of drug-likeness (QED) is 0.770. The molecule has 2 aromatic carbocycles. The summed E-state index contributed by atoms with van der Waals surface area (Å²) in [7, 11) is 0. The summed E-state index contributed by atoms with van der Waals surface area (Å²) in [6.45, 7) is 1.77. The zero-order valence-corrected chi connectivity index (χ0v) is 11.7. The van der Waals surface area contributed by atoms with Gasteiger partial charge in [-0.05, 0) is 48.9 Å². The van der Waals surface area contributed by atoms with Gasteiger partial charge in [-0.15, -0.1) is 0 Å². The molecule has 0 amide bonds. The molecular formula is C15H10ClFN2O2. The fourth-order valence-electron chi connectivity index (χ4n) is 1.88. The summed E-state index contributed by atoms with van der Waals surface area (Å²) in [5.74, 6) is 0.327. The molecule has 0 saturated heterocycles. The van der Waals surface area contributed by atoms with Crippen LogP contribution in [0.25, 0.3) is 22.8 Å². The molecule has 0 bridgehead atoms. The Bertz CT molecular complexity index is 751. The van der Waals surface area contributed by atoms with Gasteiger partial charge >= 0.3 is 0 Å². The number of halogens is 2. The number of phenols is 1. The van der Waals surface area contributed by atoms with Crippen molar-refractivity contribution in [1.82, 2.24) is 10.1 Å². The SMILES string of the molecule is Cc1cc(-c2nc(-c3ccc(F)c(Cl)c3)no2)ccc1O. The highest BCUT2D eigenvalue weighted by Crippen LogP contribution is 2.27. The second-order valence-corrected chi connectivity index (χ2v) is 4.96. The van der Waals surface area contributed by atoms with Crippen molar-refractivity contribution in [1.29, 1.82) is 0 Å². The Hall–Kier alpha value is -2.40. The Kier molecular flexibility index (Phi) is 3.35. The van der Waals surface area contributed by atoms with Gasteiger partial charge in [-0.2, -0.15) is 4.98 Å². The van der Waals surface area contributed by atoms with Crippen LogP contribution in [0.4, 0.5) is 4.39 Å². The summed E-state index contributed by atoms with van der Waals surface area (Å²) in [5, 5.41) is 13.4. The zero-order chi connectivity index (χ0) is 15.0. The highest BCUT2D eigenvalue weighted by atomic mass is 35.5. The second kappa shape index (κ2) is 5.18. The summed E-state index contributed by atoms with van der Waals surface area (Å²) in [6.07, 6.45) is 0. The molecule has 0 atom stereocenters. The molecule has 3 aromatic rings. The Morgan fingerprint density at radius 2 is 1.90 bits per heavy atom. The first-order valence-electron chi connectivity index (χ1n) is 6.14. The minimum atomic E-state index is -0.502. The molecule has 0 spiro atoms. The third-order valence-electron chi connectivity index (χ3n) is 3.05. The van der Waals surface area contributed by atoms with Crippen molar-refractivity contribution in [3.63, 3.8) is 0 Å². The predicted octanol–water partition coefficient (Wildman–Crippen LogP) is 4.21. The van der Waals surface area contributed by atoms with Gasteiger partial charge in [-0.3, -0.25) is 0 Å². The maximum absolute atomic E-state index is 13.1. The maximum Gasteiger partial charge on any atom is 0.258 e. The van der Waals surface area contributed by atoms with Gasteiger partial charge in [0.1, 0.15) is 11.6 Å². The number of nitrogens with zero attached hydrogens (tertiary/aromatic N) is 2. The first-order valence-corrected chi connectivity index (χ1v) is 6.51. The summed E-state index contributed by atoms with van der Waals surface area (Å²) >= 11 is 5.74. The van der Waals surface area contributed by atoms with Crippen molar-refractivity contribution in [2.75, 3.05) is 0 Å². The Morgan fingerprint density at radius 1 is 1.14 bits per heavy atom. The molecule has 1 aromatic heterocycles. The molecule has 0 fully saturated rings. The van der Waals surface area contributed by atoms with Crippen molar-refractivity contribution in [3.05, 3.63) is 52.8 Å². The van der Waals surface area contributed by atoms with Crippen LogP contribution in [0.5, 0.6) is 5.75 Å². The van der Waals surface area contributed by atoms with Crippen molar-refractivity contribution < 1.29 is 14.0 Å². The molecule has 6 heteroatoms. The monoisotopic (exact) mass is 304 g/mol. The van der Waals surface area contributed by atoms with E-state index in [1.54, 1.807) is 25.1 Å². The normalized spacial score (nSPS) is 10.8. The Morgan fingerprint density at radius 3 is 2.62 bits per heavy atom. The van der Waals surface area contributed by atoms with Crippen molar-refractivity contribution >= 4 is 11.6 Å². The highest BCUT2D eigenvalue weighted by molar-refractivity contribution is 6.31. The van der Waals surface area contributed by atoms with E-state index >= 15 is 0 Å². The maximum atomic E-state index is 13.1. The van der Waals surface area contributed by atoms with Crippen LogP contribution in [-0.4, -0.2) is 15.2 Å². The molecule has 3 rings (SSSR count). The molecule has 0 saturated carbocycles. The third kappa shape index (κ3) is 2.60. The number of aromatic hydroxyl groups is 1. The standard InChI is InChI=1S/C15H10ClFN2O2/c1-8-6-10(3-5-13(8)20)15-18-14(19-21-15)9-2-4-12(17)11(16)7-9/h2-7,20H,1H3. The third-order valence-corrected chi connectivity index (χ3v) is 3.34. The smallest absolute Gasteiger partial charge is 0.258 e. The number of rotatable bonds is 2. The first kappa shape index (κ1) is 13.6. The van der Waals surface area contributed by atoms with Gasteiger partial charge in [0.2, 0.25) is 5.82 Å². The fourth-order valence-corrected chi connectivity index (χ4v) is 2.06. The summed E-state index contributed by atoms with van der Waals surface area (Å²) < 4.78 is 18.3. The molecule has 1 N–H and O–H groups in total. The van der Waals surface area contributed by atoms with E-state index < -0.39 is 5.82 Å². The molecule has 0 aliphatic carbocycles. The zero-order valence-electron chi connectivity index (χ0n) is 11.0. The van der Waals surface area contributed by atoms with E-state index in [0.717, 1.165) is 0 Å². The van der Waals surface area contributed by atoms with E-state index in [0.29, 0.717) is 28.4 Å². The summed E-state index contributed by atoms with van der Waals surface area (Å²) in [6, 6.07) is 9.19. The van der Waals surface area contributed by atoms with Gasteiger partial charge < -0.3 is 9.63 Å². The number of hydrogen-bond donors (Lipinski definition) is 1. The average molecular weight is 305 g/mol. The minimum absolute atomic E-state index is 0.000622. The topological polar surface area (TPSA) is 59.2 Å². The Balaban J connectivity index is 1.99. The highest BCUT2D eigenvalue weighted by Gasteiger charge is 2.13. The van der Waals surface area contributed by atoms with Crippen LogP contribution in [0.1, 0.15) is 5.56 Å². The van der Waals surface area contributed by atoms with E-state index in [2.05, 4.69) is 10.1 Å². The number of aryl methyl sites for hydroxylation is 1. The van der Waals surface area contributed by atoms with Crippen LogP contribution in [0.3, 0.4) is 0 Å². The van der Waals surface area contributed by atoms with Gasteiger partial charge in [-0.1, -0.05) is 16.8 Å². The molecule has 21 heavy (non-hydrogen) atoms. The number of hydrogen-bond acceptors (Lipinski definition) is 4. The number of benzene rings is 2. The van der Waals surface area contributed by atoms with Crippen molar-refractivity contribution in [2.24, 2.45) is 0 Å². The lowest BCUT2D eigenvalue weighted by atomic mass is 10.1. The molecular weight excluding hydrogens is 295 g/mol. The summed E-state index contributed by atoms with van der Waals surface area (Å²) in [4.78, 5) is 4.25.